The summed E-state index contributed by atoms with van der Waals surface area (Å²) in [5.41, 5.74) is 2.34. The third-order valence-corrected chi connectivity index (χ3v) is 5.05. The minimum atomic E-state index is -0.649. The van der Waals surface area contributed by atoms with Gasteiger partial charge in [0, 0.05) is 5.56 Å². The summed E-state index contributed by atoms with van der Waals surface area (Å²) in [7, 11) is 0. The highest BCUT2D eigenvalue weighted by Crippen LogP contribution is 2.30. The van der Waals surface area contributed by atoms with E-state index < -0.39 is 6.04 Å². The quantitative estimate of drug-likeness (QED) is 0.589. The SMILES string of the molecule is CCOc1ccc([C@H](C)NC(=O)[C@H](NC(=O)c2ccccc2C)C(C)C)cc1OCC. The number of benzene rings is 2. The second kappa shape index (κ2) is 11.4. The van der Waals surface area contributed by atoms with Crippen LogP contribution in [0.3, 0.4) is 0 Å². The maximum atomic E-state index is 13.0. The van der Waals surface area contributed by atoms with E-state index in [0.29, 0.717) is 30.3 Å². The highest BCUT2D eigenvalue weighted by atomic mass is 16.5. The normalized spacial score (nSPS) is 12.7. The number of rotatable bonds is 10. The van der Waals surface area contributed by atoms with Gasteiger partial charge in [0.15, 0.2) is 11.5 Å². The van der Waals surface area contributed by atoms with Gasteiger partial charge in [-0.15, -0.1) is 0 Å². The largest absolute Gasteiger partial charge is 0.490 e. The molecule has 6 nitrogen and oxygen atoms in total. The van der Waals surface area contributed by atoms with E-state index >= 15 is 0 Å². The minimum Gasteiger partial charge on any atom is -0.490 e. The zero-order chi connectivity index (χ0) is 23.0. The number of aryl methyl sites for hydroxylation is 1. The molecule has 2 atom stereocenters. The maximum Gasteiger partial charge on any atom is 0.252 e. The van der Waals surface area contributed by atoms with Crippen molar-refractivity contribution >= 4 is 11.8 Å². The molecule has 2 amide bonds. The zero-order valence-corrected chi connectivity index (χ0v) is 19.3. The Hall–Kier alpha value is -3.02. The molecule has 0 saturated heterocycles. The Morgan fingerprint density at radius 2 is 1.55 bits per heavy atom. The van der Waals surface area contributed by atoms with E-state index in [-0.39, 0.29) is 23.8 Å². The van der Waals surface area contributed by atoms with Crippen molar-refractivity contribution in [3.8, 4) is 11.5 Å². The topological polar surface area (TPSA) is 76.7 Å². The molecule has 0 aliphatic carbocycles. The fourth-order valence-electron chi connectivity index (χ4n) is 3.31. The van der Waals surface area contributed by atoms with E-state index in [1.54, 1.807) is 6.07 Å². The molecule has 2 aromatic carbocycles. The van der Waals surface area contributed by atoms with Gasteiger partial charge in [-0.2, -0.15) is 0 Å². The summed E-state index contributed by atoms with van der Waals surface area (Å²) in [6.07, 6.45) is 0. The van der Waals surface area contributed by atoms with Crippen LogP contribution in [-0.4, -0.2) is 31.1 Å². The Morgan fingerprint density at radius 3 is 2.16 bits per heavy atom. The van der Waals surface area contributed by atoms with Crippen LogP contribution in [0.1, 0.15) is 62.1 Å². The molecule has 6 heteroatoms. The third-order valence-electron chi connectivity index (χ3n) is 5.05. The lowest BCUT2D eigenvalue weighted by Gasteiger charge is -2.25. The molecule has 2 rings (SSSR count). The van der Waals surface area contributed by atoms with E-state index in [9.17, 15) is 9.59 Å². The van der Waals surface area contributed by atoms with Crippen LogP contribution < -0.4 is 20.1 Å². The van der Waals surface area contributed by atoms with Crippen LogP contribution in [0.5, 0.6) is 11.5 Å². The second-order valence-corrected chi connectivity index (χ2v) is 7.81. The standard InChI is InChI=1S/C25H34N2O4/c1-7-30-21-14-13-19(15-22(21)31-8-2)18(6)26-25(29)23(16(3)4)27-24(28)20-12-10-9-11-17(20)5/h9-16,18,23H,7-8H2,1-6H3,(H,26,29)(H,27,28)/t18-,23+/m0/s1. The molecule has 31 heavy (non-hydrogen) atoms. The van der Waals surface area contributed by atoms with Gasteiger partial charge in [-0.1, -0.05) is 38.1 Å². The fourth-order valence-corrected chi connectivity index (χ4v) is 3.31. The molecule has 0 bridgehead atoms. The fraction of sp³-hybridized carbons (Fsp3) is 0.440. The third kappa shape index (κ3) is 6.48. The summed E-state index contributed by atoms with van der Waals surface area (Å²) >= 11 is 0. The average Bonchev–Trinajstić information content (AvgIpc) is 2.73. The van der Waals surface area contributed by atoms with Crippen molar-refractivity contribution in [3.63, 3.8) is 0 Å². The van der Waals surface area contributed by atoms with Crippen molar-refractivity contribution in [2.24, 2.45) is 5.92 Å². The number of carbonyl (C=O) groups is 2. The lowest BCUT2D eigenvalue weighted by Crippen LogP contribution is -2.50. The molecule has 0 fully saturated rings. The van der Waals surface area contributed by atoms with Crippen LogP contribution >= 0.6 is 0 Å². The van der Waals surface area contributed by atoms with Gasteiger partial charge in [0.1, 0.15) is 6.04 Å². The van der Waals surface area contributed by atoms with Gasteiger partial charge in [-0.3, -0.25) is 9.59 Å². The number of hydrogen-bond donors (Lipinski definition) is 2. The summed E-state index contributed by atoms with van der Waals surface area (Å²) in [6, 6.07) is 12.1. The average molecular weight is 427 g/mol. The number of hydrogen-bond acceptors (Lipinski definition) is 4. The summed E-state index contributed by atoms with van der Waals surface area (Å²) in [4.78, 5) is 25.8. The van der Waals surface area contributed by atoms with E-state index in [0.717, 1.165) is 11.1 Å². The molecule has 0 unspecified atom stereocenters. The van der Waals surface area contributed by atoms with Crippen LogP contribution in [0.2, 0.25) is 0 Å². The molecule has 0 heterocycles. The first kappa shape index (κ1) is 24.3. The Morgan fingerprint density at radius 1 is 0.903 bits per heavy atom. The Bertz CT molecular complexity index is 895. The molecule has 2 N–H and O–H groups in total. The van der Waals surface area contributed by atoms with E-state index in [2.05, 4.69) is 10.6 Å². The van der Waals surface area contributed by atoms with Crippen LogP contribution in [0.25, 0.3) is 0 Å². The van der Waals surface area contributed by atoms with Crippen LogP contribution in [0.15, 0.2) is 42.5 Å². The molecule has 0 aromatic heterocycles. The van der Waals surface area contributed by atoms with Gasteiger partial charge in [-0.25, -0.2) is 0 Å². The number of nitrogens with one attached hydrogen (secondary N) is 2. The van der Waals surface area contributed by atoms with E-state index in [1.807, 2.05) is 77.9 Å². The van der Waals surface area contributed by atoms with Crippen molar-refractivity contribution in [3.05, 3.63) is 59.2 Å². The van der Waals surface area contributed by atoms with Gasteiger partial charge in [-0.05, 0) is 62.9 Å². The van der Waals surface area contributed by atoms with Gasteiger partial charge in [0.05, 0.1) is 19.3 Å². The number of carbonyl (C=O) groups excluding carboxylic acids is 2. The first-order valence-electron chi connectivity index (χ1n) is 10.8. The highest BCUT2D eigenvalue weighted by molar-refractivity contribution is 5.98. The first-order chi connectivity index (χ1) is 14.8. The van der Waals surface area contributed by atoms with Gasteiger partial charge in [0.2, 0.25) is 5.91 Å². The molecule has 0 aliphatic heterocycles. The van der Waals surface area contributed by atoms with Crippen molar-refractivity contribution in [2.75, 3.05) is 13.2 Å². The summed E-state index contributed by atoms with van der Waals surface area (Å²) < 4.78 is 11.3. The molecule has 0 radical (unpaired) electrons. The Balaban J connectivity index is 2.14. The Kier molecular flexibility index (Phi) is 8.91. The maximum absolute atomic E-state index is 13.0. The molecule has 0 aliphatic rings. The summed E-state index contributed by atoms with van der Waals surface area (Å²) in [5.74, 6) is 0.781. The van der Waals surface area contributed by atoms with Crippen LogP contribution in [-0.2, 0) is 4.79 Å². The zero-order valence-electron chi connectivity index (χ0n) is 19.3. The summed E-state index contributed by atoms with van der Waals surface area (Å²) in [5, 5.41) is 5.91. The Labute approximate surface area is 185 Å². The number of amides is 2. The van der Waals surface area contributed by atoms with Crippen LogP contribution in [0, 0.1) is 12.8 Å². The minimum absolute atomic E-state index is 0.0699. The molecule has 168 valence electrons. The lowest BCUT2D eigenvalue weighted by molar-refractivity contribution is -0.124. The molecular formula is C25H34N2O4. The first-order valence-corrected chi connectivity index (χ1v) is 10.8. The van der Waals surface area contributed by atoms with Crippen molar-refractivity contribution in [2.45, 2.75) is 53.6 Å². The molecule has 0 spiro atoms. The lowest BCUT2D eigenvalue weighted by atomic mass is 10.0. The monoisotopic (exact) mass is 426 g/mol. The van der Waals surface area contributed by atoms with Gasteiger partial charge < -0.3 is 20.1 Å². The summed E-state index contributed by atoms with van der Waals surface area (Å²) in [6.45, 7) is 12.5. The van der Waals surface area contributed by atoms with Crippen LogP contribution in [0.4, 0.5) is 0 Å². The smallest absolute Gasteiger partial charge is 0.252 e. The number of ether oxygens (including phenoxy) is 2. The van der Waals surface area contributed by atoms with Crippen molar-refractivity contribution < 1.29 is 19.1 Å². The predicted octanol–water partition coefficient (Wildman–Crippen LogP) is 4.42. The predicted molar refractivity (Wildman–Crippen MR) is 123 cm³/mol. The van der Waals surface area contributed by atoms with Crippen molar-refractivity contribution in [1.82, 2.24) is 10.6 Å². The molecule has 2 aromatic rings. The van der Waals surface area contributed by atoms with E-state index in [1.165, 1.54) is 0 Å². The van der Waals surface area contributed by atoms with E-state index in [4.69, 9.17) is 9.47 Å². The van der Waals surface area contributed by atoms with Gasteiger partial charge in [0.25, 0.3) is 5.91 Å². The second-order valence-electron chi connectivity index (χ2n) is 7.81. The van der Waals surface area contributed by atoms with Gasteiger partial charge >= 0.3 is 0 Å². The van der Waals surface area contributed by atoms with Crippen molar-refractivity contribution in [1.29, 1.82) is 0 Å². The highest BCUT2D eigenvalue weighted by Gasteiger charge is 2.26. The molecular weight excluding hydrogens is 392 g/mol. The molecule has 0 saturated carbocycles.